The number of amides is 1. The highest BCUT2D eigenvalue weighted by atomic mass is 16.5. The summed E-state index contributed by atoms with van der Waals surface area (Å²) in [5, 5.41) is 0. The molecule has 0 bridgehead atoms. The first-order valence-corrected chi connectivity index (χ1v) is 6.38. The molecule has 0 spiro atoms. The molecule has 0 saturated heterocycles. The molecule has 0 saturated carbocycles. The zero-order valence-electron chi connectivity index (χ0n) is 11.8. The highest BCUT2D eigenvalue weighted by Crippen LogP contribution is 2.19. The maximum atomic E-state index is 11.0. The number of H-pyrrole nitrogens is 1. The number of nitrogens with one attached hydrogen (secondary N) is 1. The van der Waals surface area contributed by atoms with Gasteiger partial charge >= 0.3 is 0 Å². The van der Waals surface area contributed by atoms with Crippen molar-refractivity contribution in [2.75, 3.05) is 0 Å². The van der Waals surface area contributed by atoms with Crippen LogP contribution in [0.15, 0.2) is 24.2 Å². The predicted molar refractivity (Wildman–Crippen MR) is 77.2 cm³/mol. The average Bonchev–Trinajstić information content (AvgIpc) is 2.81. The van der Waals surface area contributed by atoms with Crippen LogP contribution in [0.2, 0.25) is 0 Å². The molecule has 0 aromatic carbocycles. The number of carbonyl (C=O) groups is 1. The molecular formula is C14H15N5O2. The molecule has 2 heterocycles. The molecule has 2 aromatic rings. The molecule has 1 amide bonds. The van der Waals surface area contributed by atoms with E-state index in [-0.39, 0.29) is 11.8 Å². The number of aromatic nitrogens is 3. The largest absolute Gasteiger partial charge is 0.474 e. The molecular weight excluding hydrogens is 270 g/mol. The first-order chi connectivity index (χ1) is 10.0. The number of aromatic amines is 1. The van der Waals surface area contributed by atoms with Gasteiger partial charge in [0.25, 0.3) is 0 Å². The number of nitrogens with zero attached hydrogens (tertiary/aromatic N) is 3. The van der Waals surface area contributed by atoms with Crippen LogP contribution in [0.5, 0.6) is 5.88 Å². The minimum Gasteiger partial charge on any atom is -0.474 e. The van der Waals surface area contributed by atoms with Gasteiger partial charge in [0.1, 0.15) is 5.52 Å². The average molecular weight is 285 g/mol. The summed E-state index contributed by atoms with van der Waals surface area (Å²) in [4.78, 5) is 25.7. The Morgan fingerprint density at radius 1 is 1.62 bits per heavy atom. The Balaban J connectivity index is 2.32. The van der Waals surface area contributed by atoms with Crippen LogP contribution in [0.4, 0.5) is 0 Å². The Kier molecular flexibility index (Phi) is 4.18. The topological polar surface area (TPSA) is 98.2 Å². The van der Waals surface area contributed by atoms with Crippen molar-refractivity contribution in [1.29, 1.82) is 0 Å². The molecule has 21 heavy (non-hydrogen) atoms. The summed E-state index contributed by atoms with van der Waals surface area (Å²) in [5.41, 5.74) is 7.10. The highest BCUT2D eigenvalue weighted by Gasteiger charge is 2.10. The van der Waals surface area contributed by atoms with E-state index < -0.39 is 5.91 Å². The third-order valence-electron chi connectivity index (χ3n) is 2.68. The lowest BCUT2D eigenvalue weighted by Crippen LogP contribution is -2.11. The van der Waals surface area contributed by atoms with Crippen molar-refractivity contribution in [3.8, 4) is 5.88 Å². The standard InChI is InChI=1S/C14H15N5O2/c1-8(2)21-11-7-18-14-12(19-11)9(6-17-14)4-5-10(16-3)13(15)20/h5-8H,4H2,1-2H3,(H2,15,20)(H,17,18)/b10-5-. The zero-order valence-corrected chi connectivity index (χ0v) is 11.8. The van der Waals surface area contributed by atoms with Crippen molar-refractivity contribution < 1.29 is 9.53 Å². The van der Waals surface area contributed by atoms with Gasteiger partial charge in [-0.2, -0.15) is 0 Å². The van der Waals surface area contributed by atoms with Gasteiger partial charge in [-0.1, -0.05) is 6.08 Å². The number of carbonyl (C=O) groups excluding carboxylic acids is 1. The molecule has 3 N–H and O–H groups in total. The predicted octanol–water partition coefficient (Wildman–Crippen LogP) is 1.58. The number of allylic oxidation sites excluding steroid dienone is 1. The Labute approximate surface area is 121 Å². The molecule has 2 aromatic heterocycles. The van der Waals surface area contributed by atoms with E-state index in [4.69, 9.17) is 17.0 Å². The number of rotatable bonds is 5. The number of fused-ring (bicyclic) bond motifs is 1. The normalized spacial score (nSPS) is 11.6. The number of hydrogen-bond acceptors (Lipinski definition) is 4. The second-order valence-electron chi connectivity index (χ2n) is 4.66. The van der Waals surface area contributed by atoms with E-state index in [1.54, 1.807) is 12.4 Å². The quantitative estimate of drug-likeness (QED) is 0.643. The van der Waals surface area contributed by atoms with Gasteiger partial charge in [-0.05, 0) is 20.3 Å². The van der Waals surface area contributed by atoms with E-state index in [0.717, 1.165) is 5.56 Å². The lowest BCUT2D eigenvalue weighted by molar-refractivity contribution is -0.114. The van der Waals surface area contributed by atoms with Crippen LogP contribution in [0.3, 0.4) is 0 Å². The molecule has 0 unspecified atom stereocenters. The van der Waals surface area contributed by atoms with Gasteiger partial charge in [0.2, 0.25) is 17.5 Å². The lowest BCUT2D eigenvalue weighted by atomic mass is 10.2. The van der Waals surface area contributed by atoms with Gasteiger partial charge < -0.3 is 15.5 Å². The molecule has 2 rings (SSSR count). The lowest BCUT2D eigenvalue weighted by Gasteiger charge is -2.07. The summed E-state index contributed by atoms with van der Waals surface area (Å²) < 4.78 is 5.51. The molecule has 0 atom stereocenters. The van der Waals surface area contributed by atoms with Crippen LogP contribution in [0, 0.1) is 6.57 Å². The van der Waals surface area contributed by atoms with E-state index in [2.05, 4.69) is 19.8 Å². The van der Waals surface area contributed by atoms with Gasteiger partial charge in [0, 0.05) is 11.8 Å². The van der Waals surface area contributed by atoms with Crippen LogP contribution < -0.4 is 10.5 Å². The fraction of sp³-hybridized carbons (Fsp3) is 0.286. The maximum Gasteiger partial charge on any atom is 0.247 e. The van der Waals surface area contributed by atoms with Gasteiger partial charge in [-0.15, -0.1) is 0 Å². The van der Waals surface area contributed by atoms with Crippen LogP contribution >= 0.6 is 0 Å². The summed E-state index contributed by atoms with van der Waals surface area (Å²) in [6.07, 6.45) is 5.13. The molecule has 0 fully saturated rings. The number of primary amides is 1. The number of nitrogens with two attached hydrogens (primary N) is 1. The van der Waals surface area contributed by atoms with Gasteiger partial charge in [-0.25, -0.2) is 14.8 Å². The summed E-state index contributed by atoms with van der Waals surface area (Å²) >= 11 is 0. The molecule has 0 radical (unpaired) electrons. The van der Waals surface area contributed by atoms with Gasteiger partial charge in [0.05, 0.1) is 18.9 Å². The van der Waals surface area contributed by atoms with E-state index in [9.17, 15) is 4.79 Å². The first-order valence-electron chi connectivity index (χ1n) is 6.38. The second kappa shape index (κ2) is 6.05. The van der Waals surface area contributed by atoms with Crippen LogP contribution in [0.1, 0.15) is 19.4 Å². The molecule has 0 aliphatic rings. The van der Waals surface area contributed by atoms with Crippen molar-refractivity contribution in [3.63, 3.8) is 0 Å². The summed E-state index contributed by atoms with van der Waals surface area (Å²) in [5.74, 6) is -0.303. The van der Waals surface area contributed by atoms with E-state index in [1.165, 1.54) is 6.08 Å². The third kappa shape index (κ3) is 3.36. The molecule has 0 aliphatic heterocycles. The van der Waals surface area contributed by atoms with Crippen molar-refractivity contribution in [2.45, 2.75) is 26.4 Å². The molecule has 0 aliphatic carbocycles. The fourth-order valence-electron chi connectivity index (χ4n) is 1.79. The number of ether oxygens (including phenoxy) is 1. The Bertz CT molecular complexity index is 739. The van der Waals surface area contributed by atoms with E-state index in [0.29, 0.717) is 23.5 Å². The van der Waals surface area contributed by atoms with Crippen LogP contribution in [-0.2, 0) is 11.2 Å². The minimum absolute atomic E-state index is 0.00242. The van der Waals surface area contributed by atoms with E-state index in [1.807, 2.05) is 13.8 Å². The Hall–Kier alpha value is -2.88. The maximum absolute atomic E-state index is 11.0. The molecule has 7 heteroatoms. The third-order valence-corrected chi connectivity index (χ3v) is 2.68. The molecule has 7 nitrogen and oxygen atoms in total. The molecule has 108 valence electrons. The highest BCUT2D eigenvalue weighted by molar-refractivity contribution is 5.93. The van der Waals surface area contributed by atoms with Crippen molar-refractivity contribution in [1.82, 2.24) is 15.0 Å². The Morgan fingerprint density at radius 2 is 2.38 bits per heavy atom. The first kappa shape index (κ1) is 14.5. The summed E-state index contributed by atoms with van der Waals surface area (Å²) in [6, 6.07) is 0. The fourth-order valence-corrected chi connectivity index (χ4v) is 1.79. The number of hydrogen-bond donors (Lipinski definition) is 2. The second-order valence-corrected chi connectivity index (χ2v) is 4.66. The zero-order chi connectivity index (χ0) is 15.4. The van der Waals surface area contributed by atoms with Crippen molar-refractivity contribution in [3.05, 3.63) is 41.1 Å². The van der Waals surface area contributed by atoms with Crippen molar-refractivity contribution in [2.24, 2.45) is 5.73 Å². The van der Waals surface area contributed by atoms with Crippen LogP contribution in [-0.4, -0.2) is 27.0 Å². The van der Waals surface area contributed by atoms with Gasteiger partial charge in [0.15, 0.2) is 5.65 Å². The van der Waals surface area contributed by atoms with Crippen molar-refractivity contribution >= 4 is 17.1 Å². The Morgan fingerprint density at radius 3 is 3.00 bits per heavy atom. The van der Waals surface area contributed by atoms with Crippen LogP contribution in [0.25, 0.3) is 16.0 Å². The summed E-state index contributed by atoms with van der Waals surface area (Å²) in [6.45, 7) is 10.7. The van der Waals surface area contributed by atoms with E-state index >= 15 is 0 Å². The SMILES string of the molecule is [C-]#[N+]/C(=C\Cc1c[nH]c2ncc(OC(C)C)nc12)C(N)=O. The smallest absolute Gasteiger partial charge is 0.247 e. The monoisotopic (exact) mass is 285 g/mol. The van der Waals surface area contributed by atoms with Gasteiger partial charge in [-0.3, -0.25) is 4.79 Å². The summed E-state index contributed by atoms with van der Waals surface area (Å²) in [7, 11) is 0. The minimum atomic E-state index is -0.736.